The summed E-state index contributed by atoms with van der Waals surface area (Å²) in [5.74, 6) is 2.35. The first-order valence-corrected chi connectivity index (χ1v) is 9.51. The first kappa shape index (κ1) is 18.4. The van der Waals surface area contributed by atoms with Crippen LogP contribution < -0.4 is 0 Å². The SMILES string of the molecule is CCCCCCB(CCCCCC)SCCCC. The molecule has 0 aromatic heterocycles. The predicted octanol–water partition coefficient (Wildman–Crippen LogP) is 6.67. The summed E-state index contributed by atoms with van der Waals surface area (Å²) in [7, 11) is 0. The van der Waals surface area contributed by atoms with E-state index in [-0.39, 0.29) is 0 Å². The highest BCUT2D eigenvalue weighted by molar-refractivity contribution is 8.25. The molecule has 18 heavy (non-hydrogen) atoms. The molecule has 108 valence electrons. The largest absolute Gasteiger partial charge is 0.210 e. The van der Waals surface area contributed by atoms with Crippen LogP contribution >= 0.6 is 11.6 Å². The van der Waals surface area contributed by atoms with Crippen molar-refractivity contribution in [2.75, 3.05) is 5.75 Å². The smallest absolute Gasteiger partial charge is 0.209 e. The van der Waals surface area contributed by atoms with Crippen LogP contribution in [-0.4, -0.2) is 11.7 Å². The maximum Gasteiger partial charge on any atom is 0.209 e. The molecule has 0 aromatic carbocycles. The van der Waals surface area contributed by atoms with Gasteiger partial charge in [-0.2, -0.15) is 0 Å². The van der Waals surface area contributed by atoms with Crippen molar-refractivity contribution in [1.82, 2.24) is 0 Å². The molecule has 0 radical (unpaired) electrons. The molecule has 0 aromatic rings. The predicted molar refractivity (Wildman–Crippen MR) is 91.0 cm³/mol. The Morgan fingerprint density at radius 3 is 1.56 bits per heavy atom. The molecule has 0 aliphatic heterocycles. The Hall–Kier alpha value is 0.415. The van der Waals surface area contributed by atoms with E-state index in [0.29, 0.717) is 0 Å². The zero-order valence-corrected chi connectivity index (χ0v) is 14.0. The van der Waals surface area contributed by atoms with Crippen LogP contribution in [0.15, 0.2) is 0 Å². The van der Waals surface area contributed by atoms with Gasteiger partial charge in [0.25, 0.3) is 0 Å². The van der Waals surface area contributed by atoms with Gasteiger partial charge in [-0.3, -0.25) is 0 Å². The Kier molecular flexibility index (Phi) is 15.8. The highest BCUT2D eigenvalue weighted by Crippen LogP contribution is 2.23. The van der Waals surface area contributed by atoms with E-state index >= 15 is 0 Å². The van der Waals surface area contributed by atoms with E-state index in [2.05, 4.69) is 32.4 Å². The summed E-state index contributed by atoms with van der Waals surface area (Å²) in [6.45, 7) is 6.91. The lowest BCUT2D eigenvalue weighted by atomic mass is 9.66. The van der Waals surface area contributed by atoms with E-state index in [1.165, 1.54) is 82.6 Å². The number of hydrogen-bond acceptors (Lipinski definition) is 1. The van der Waals surface area contributed by atoms with Crippen molar-refractivity contribution in [3.05, 3.63) is 0 Å². The fraction of sp³-hybridized carbons (Fsp3) is 1.00. The van der Waals surface area contributed by atoms with Crippen LogP contribution in [0.4, 0.5) is 0 Å². The van der Waals surface area contributed by atoms with Gasteiger partial charge in [-0.25, -0.2) is 11.6 Å². The molecule has 0 saturated carbocycles. The second-order valence-corrected chi connectivity index (χ2v) is 6.95. The van der Waals surface area contributed by atoms with Gasteiger partial charge >= 0.3 is 0 Å². The quantitative estimate of drug-likeness (QED) is 0.251. The van der Waals surface area contributed by atoms with Gasteiger partial charge in [0.15, 0.2) is 0 Å². The van der Waals surface area contributed by atoms with Gasteiger partial charge in [-0.15, -0.1) is 0 Å². The lowest BCUT2D eigenvalue weighted by Crippen LogP contribution is -2.08. The fourth-order valence-electron chi connectivity index (χ4n) is 2.30. The molecule has 0 nitrogen and oxygen atoms in total. The molecule has 0 N–H and O–H groups in total. The van der Waals surface area contributed by atoms with Gasteiger partial charge in [-0.05, 0) is 12.2 Å². The van der Waals surface area contributed by atoms with Gasteiger partial charge in [0, 0.05) is 0 Å². The van der Waals surface area contributed by atoms with Crippen LogP contribution in [0, 0.1) is 0 Å². The molecule has 0 unspecified atom stereocenters. The summed E-state index contributed by atoms with van der Waals surface area (Å²) in [4.78, 5) is 0. The van der Waals surface area contributed by atoms with Crippen molar-refractivity contribution in [3.63, 3.8) is 0 Å². The van der Waals surface area contributed by atoms with Gasteiger partial charge in [0.05, 0.1) is 0 Å². The van der Waals surface area contributed by atoms with E-state index in [9.17, 15) is 0 Å². The van der Waals surface area contributed by atoms with Crippen LogP contribution in [0.25, 0.3) is 0 Å². The van der Waals surface area contributed by atoms with E-state index in [0.717, 1.165) is 5.99 Å². The maximum atomic E-state index is 2.30. The highest BCUT2D eigenvalue weighted by atomic mass is 32.2. The minimum Gasteiger partial charge on any atom is -0.210 e. The zero-order valence-electron chi connectivity index (χ0n) is 13.2. The molecule has 0 heterocycles. The Labute approximate surface area is 121 Å². The van der Waals surface area contributed by atoms with E-state index in [1.807, 2.05) is 0 Å². The first-order chi connectivity index (χ1) is 8.85. The third kappa shape index (κ3) is 12.9. The topological polar surface area (TPSA) is 0 Å². The van der Waals surface area contributed by atoms with Crippen LogP contribution in [0.3, 0.4) is 0 Å². The molecule has 0 fully saturated rings. The lowest BCUT2D eigenvalue weighted by Gasteiger charge is -2.13. The number of unbranched alkanes of at least 4 members (excludes halogenated alkanes) is 7. The molecular formula is C16H35BS. The third-order valence-corrected chi connectivity index (χ3v) is 5.08. The molecule has 0 aliphatic carbocycles. The molecule has 0 saturated heterocycles. The van der Waals surface area contributed by atoms with Gasteiger partial charge in [-0.1, -0.05) is 91.2 Å². The summed E-state index contributed by atoms with van der Waals surface area (Å²) in [6.07, 6.45) is 17.1. The summed E-state index contributed by atoms with van der Waals surface area (Å²) >= 11 is 2.26. The standard InChI is InChI=1S/C16H35BS/c1-4-7-10-12-14-17(18-16-9-6-3)15-13-11-8-5-2/h4-16H2,1-3H3. The monoisotopic (exact) mass is 270 g/mol. The van der Waals surface area contributed by atoms with Crippen LogP contribution in [0.2, 0.25) is 12.6 Å². The van der Waals surface area contributed by atoms with Gasteiger partial charge < -0.3 is 0 Å². The number of rotatable bonds is 14. The Morgan fingerprint density at radius 2 is 1.11 bits per heavy atom. The van der Waals surface area contributed by atoms with Crippen molar-refractivity contribution in [1.29, 1.82) is 0 Å². The zero-order chi connectivity index (χ0) is 13.5. The summed E-state index contributed by atoms with van der Waals surface area (Å²) < 4.78 is 0. The van der Waals surface area contributed by atoms with Crippen LogP contribution in [0.5, 0.6) is 0 Å². The highest BCUT2D eigenvalue weighted by Gasteiger charge is 2.13. The van der Waals surface area contributed by atoms with Crippen molar-refractivity contribution < 1.29 is 0 Å². The molecule has 0 spiro atoms. The van der Waals surface area contributed by atoms with E-state index in [4.69, 9.17) is 0 Å². The minimum absolute atomic E-state index is 0.963. The summed E-state index contributed by atoms with van der Waals surface area (Å²) in [6, 6.07) is 0. The fourth-order valence-corrected chi connectivity index (χ4v) is 3.76. The second-order valence-electron chi connectivity index (χ2n) is 5.55. The Bertz CT molecular complexity index is 138. The van der Waals surface area contributed by atoms with Crippen molar-refractivity contribution in [3.8, 4) is 0 Å². The molecule has 2 heteroatoms. The van der Waals surface area contributed by atoms with E-state index in [1.54, 1.807) is 0 Å². The van der Waals surface area contributed by atoms with Crippen LogP contribution in [-0.2, 0) is 0 Å². The van der Waals surface area contributed by atoms with Crippen molar-refractivity contribution in [2.24, 2.45) is 0 Å². The van der Waals surface area contributed by atoms with Crippen LogP contribution in [0.1, 0.15) is 85.0 Å². The maximum absolute atomic E-state index is 2.30. The first-order valence-electron chi connectivity index (χ1n) is 8.46. The van der Waals surface area contributed by atoms with Gasteiger partial charge in [0.1, 0.15) is 0 Å². The summed E-state index contributed by atoms with van der Waals surface area (Å²) in [5.41, 5.74) is 0. The number of hydrogen-bond donors (Lipinski definition) is 0. The van der Waals surface area contributed by atoms with Crippen molar-refractivity contribution in [2.45, 2.75) is 97.6 Å². The Balaban J connectivity index is 3.62. The average molecular weight is 270 g/mol. The third-order valence-electron chi connectivity index (χ3n) is 3.61. The Morgan fingerprint density at radius 1 is 0.611 bits per heavy atom. The van der Waals surface area contributed by atoms with E-state index < -0.39 is 0 Å². The minimum atomic E-state index is 0.963. The molecule has 0 rings (SSSR count). The molecular weight excluding hydrogens is 235 g/mol. The molecule has 0 amide bonds. The van der Waals surface area contributed by atoms with Crippen molar-refractivity contribution >= 4 is 17.6 Å². The molecule has 0 bridgehead atoms. The molecule has 0 atom stereocenters. The molecule has 0 aliphatic rings. The second kappa shape index (κ2) is 15.5. The normalized spacial score (nSPS) is 10.8. The average Bonchev–Trinajstić information content (AvgIpc) is 2.39. The summed E-state index contributed by atoms with van der Waals surface area (Å²) in [5, 5.41) is 0. The van der Waals surface area contributed by atoms with Gasteiger partial charge in [0.2, 0.25) is 5.99 Å². The lowest BCUT2D eigenvalue weighted by molar-refractivity contribution is 0.688.